The first-order valence-corrected chi connectivity index (χ1v) is 8.07. The molecule has 0 spiro atoms. The van der Waals surface area contributed by atoms with Gasteiger partial charge in [0.05, 0.1) is 23.3 Å². The fourth-order valence-electron chi connectivity index (χ4n) is 1.47. The number of nitrogens with one attached hydrogen (secondary N) is 1. The van der Waals surface area contributed by atoms with Crippen molar-refractivity contribution in [2.24, 2.45) is 5.73 Å². The molecule has 1 amide bonds. The summed E-state index contributed by atoms with van der Waals surface area (Å²) in [6.45, 7) is -0.453. The van der Waals surface area contributed by atoms with Crippen LogP contribution in [0, 0.1) is 0 Å². The molecule has 1 heterocycles. The van der Waals surface area contributed by atoms with E-state index in [-0.39, 0.29) is 24.3 Å². The van der Waals surface area contributed by atoms with E-state index in [1.807, 2.05) is 0 Å². The average molecular weight is 270 g/mol. The van der Waals surface area contributed by atoms with Gasteiger partial charge in [-0.05, 0) is 12.8 Å². The third-order valence-corrected chi connectivity index (χ3v) is 6.00. The Morgan fingerprint density at radius 2 is 1.81 bits per heavy atom. The molecular formula is C7H14N2O5S2. The number of carbonyl (C=O) groups is 1. The number of hydrogen-bond donors (Lipinski definition) is 2. The maximum Gasteiger partial charge on any atom is 0.232 e. The van der Waals surface area contributed by atoms with Gasteiger partial charge < -0.3 is 5.73 Å². The summed E-state index contributed by atoms with van der Waals surface area (Å²) in [7, 11) is -6.73. The molecule has 0 aromatic carbocycles. The van der Waals surface area contributed by atoms with Crippen LogP contribution in [0.2, 0.25) is 0 Å². The molecule has 0 aromatic rings. The van der Waals surface area contributed by atoms with Crippen molar-refractivity contribution in [3.63, 3.8) is 0 Å². The molecule has 0 unspecified atom stereocenters. The Kier molecular flexibility index (Phi) is 3.92. The number of amides is 1. The van der Waals surface area contributed by atoms with Crippen molar-refractivity contribution >= 4 is 25.8 Å². The van der Waals surface area contributed by atoms with Crippen LogP contribution in [0.25, 0.3) is 0 Å². The Bertz CT molecular complexity index is 453. The molecule has 94 valence electrons. The van der Waals surface area contributed by atoms with Gasteiger partial charge >= 0.3 is 0 Å². The molecule has 0 bridgehead atoms. The lowest BCUT2D eigenvalue weighted by atomic mass is 10.2. The third kappa shape index (κ3) is 3.72. The number of sulfone groups is 1. The summed E-state index contributed by atoms with van der Waals surface area (Å²) in [4.78, 5) is 10.4. The van der Waals surface area contributed by atoms with Gasteiger partial charge in [0.25, 0.3) is 0 Å². The minimum atomic E-state index is -3.64. The first-order valence-electron chi connectivity index (χ1n) is 4.70. The van der Waals surface area contributed by atoms with Gasteiger partial charge in [0, 0.05) is 0 Å². The Labute approximate surface area is 94.4 Å². The summed E-state index contributed by atoms with van der Waals surface area (Å²) in [5.41, 5.74) is 4.81. The molecule has 9 heteroatoms. The molecule has 0 atom stereocenters. The highest BCUT2D eigenvalue weighted by molar-refractivity contribution is 7.92. The normalized spacial score (nSPS) is 21.8. The van der Waals surface area contributed by atoms with E-state index in [1.165, 1.54) is 0 Å². The number of sulfonamides is 1. The zero-order valence-electron chi connectivity index (χ0n) is 8.55. The Morgan fingerprint density at radius 3 is 2.25 bits per heavy atom. The summed E-state index contributed by atoms with van der Waals surface area (Å²) < 4.78 is 47.4. The molecule has 1 rings (SSSR count). The molecule has 1 saturated heterocycles. The zero-order valence-corrected chi connectivity index (χ0v) is 10.2. The van der Waals surface area contributed by atoms with Crippen LogP contribution in [0.1, 0.15) is 12.8 Å². The van der Waals surface area contributed by atoms with Gasteiger partial charge in [-0.15, -0.1) is 0 Å². The van der Waals surface area contributed by atoms with Crippen molar-refractivity contribution in [2.45, 2.75) is 18.1 Å². The molecule has 3 N–H and O–H groups in total. The van der Waals surface area contributed by atoms with Crippen LogP contribution < -0.4 is 10.5 Å². The second-order valence-corrected chi connectivity index (χ2v) is 8.03. The van der Waals surface area contributed by atoms with Gasteiger partial charge in [-0.25, -0.2) is 21.6 Å². The minimum absolute atomic E-state index is 0.0659. The molecule has 0 aromatic heterocycles. The minimum Gasteiger partial charge on any atom is -0.369 e. The van der Waals surface area contributed by atoms with Crippen molar-refractivity contribution in [3.05, 3.63) is 0 Å². The maximum absolute atomic E-state index is 11.6. The maximum atomic E-state index is 11.6. The Hall–Kier alpha value is -0.670. The molecule has 7 nitrogen and oxygen atoms in total. The molecule has 16 heavy (non-hydrogen) atoms. The number of hydrogen-bond acceptors (Lipinski definition) is 5. The van der Waals surface area contributed by atoms with Gasteiger partial charge in [-0.1, -0.05) is 0 Å². The quantitative estimate of drug-likeness (QED) is 0.609. The molecule has 1 aliphatic heterocycles. The van der Waals surface area contributed by atoms with Gasteiger partial charge in [0.15, 0.2) is 0 Å². The van der Waals surface area contributed by atoms with E-state index in [9.17, 15) is 21.6 Å². The largest absolute Gasteiger partial charge is 0.369 e. The van der Waals surface area contributed by atoms with E-state index >= 15 is 0 Å². The Balaban J connectivity index is 2.62. The van der Waals surface area contributed by atoms with Gasteiger partial charge in [0.1, 0.15) is 9.84 Å². The van der Waals surface area contributed by atoms with Crippen LogP contribution in [0.15, 0.2) is 0 Å². The lowest BCUT2D eigenvalue weighted by Crippen LogP contribution is -2.42. The monoisotopic (exact) mass is 270 g/mol. The van der Waals surface area contributed by atoms with Crippen LogP contribution in [-0.2, 0) is 24.7 Å². The van der Waals surface area contributed by atoms with Gasteiger partial charge in [-0.2, -0.15) is 0 Å². The summed E-state index contributed by atoms with van der Waals surface area (Å²) in [6.07, 6.45) is 0.132. The highest BCUT2D eigenvalue weighted by Gasteiger charge is 2.32. The Morgan fingerprint density at radius 1 is 1.31 bits per heavy atom. The number of nitrogens with two attached hydrogens (primary N) is 1. The number of primary amides is 1. The highest BCUT2D eigenvalue weighted by Crippen LogP contribution is 2.18. The fourth-order valence-corrected chi connectivity index (χ4v) is 4.69. The molecule has 1 fully saturated rings. The third-order valence-electron chi connectivity index (χ3n) is 2.39. The summed E-state index contributed by atoms with van der Waals surface area (Å²) in [6, 6.07) is 0. The molecule has 0 radical (unpaired) electrons. The van der Waals surface area contributed by atoms with Crippen LogP contribution in [0.5, 0.6) is 0 Å². The van der Waals surface area contributed by atoms with E-state index in [2.05, 4.69) is 4.72 Å². The second-order valence-electron chi connectivity index (χ2n) is 3.68. The van der Waals surface area contributed by atoms with E-state index in [1.54, 1.807) is 0 Å². The smallest absolute Gasteiger partial charge is 0.232 e. The second kappa shape index (κ2) is 4.68. The van der Waals surface area contributed by atoms with E-state index in [0.717, 1.165) is 0 Å². The SMILES string of the molecule is NC(=O)CNS(=O)(=O)C1CCS(=O)(=O)CC1. The van der Waals surface area contributed by atoms with Gasteiger partial charge in [0.2, 0.25) is 15.9 Å². The first-order chi connectivity index (χ1) is 7.23. The van der Waals surface area contributed by atoms with Gasteiger partial charge in [-0.3, -0.25) is 4.79 Å². The standard InChI is InChI=1S/C7H14N2O5S2/c8-7(10)5-9-16(13,14)6-1-3-15(11,12)4-2-6/h6,9H,1-5H2,(H2,8,10). The van der Waals surface area contributed by atoms with Crippen molar-refractivity contribution in [3.8, 4) is 0 Å². The molecule has 0 saturated carbocycles. The topological polar surface area (TPSA) is 123 Å². The first kappa shape index (κ1) is 13.4. The van der Waals surface area contributed by atoms with Crippen LogP contribution >= 0.6 is 0 Å². The molecule has 1 aliphatic rings. The fraction of sp³-hybridized carbons (Fsp3) is 0.857. The molecular weight excluding hydrogens is 256 g/mol. The lowest BCUT2D eigenvalue weighted by Gasteiger charge is -2.21. The van der Waals surface area contributed by atoms with Crippen molar-refractivity contribution < 1.29 is 21.6 Å². The van der Waals surface area contributed by atoms with Crippen LogP contribution in [0.4, 0.5) is 0 Å². The number of carbonyl (C=O) groups excluding carboxylic acids is 1. The van der Waals surface area contributed by atoms with E-state index in [4.69, 9.17) is 5.73 Å². The van der Waals surface area contributed by atoms with Crippen molar-refractivity contribution in [1.82, 2.24) is 4.72 Å². The van der Waals surface area contributed by atoms with E-state index < -0.39 is 37.6 Å². The lowest BCUT2D eigenvalue weighted by molar-refractivity contribution is -0.116. The zero-order chi connectivity index (χ0) is 12.4. The molecule has 0 aliphatic carbocycles. The van der Waals surface area contributed by atoms with Crippen molar-refractivity contribution in [1.29, 1.82) is 0 Å². The van der Waals surface area contributed by atoms with Crippen molar-refractivity contribution in [2.75, 3.05) is 18.1 Å². The van der Waals surface area contributed by atoms with Crippen LogP contribution in [-0.4, -0.2) is 46.0 Å². The highest BCUT2D eigenvalue weighted by atomic mass is 32.2. The van der Waals surface area contributed by atoms with Crippen LogP contribution in [0.3, 0.4) is 0 Å². The summed E-state index contributed by atoms with van der Waals surface area (Å²) in [5.74, 6) is -1.03. The van der Waals surface area contributed by atoms with E-state index in [0.29, 0.717) is 0 Å². The summed E-state index contributed by atoms with van der Waals surface area (Å²) >= 11 is 0. The average Bonchev–Trinajstić information content (AvgIpc) is 2.14. The predicted octanol–water partition coefficient (Wildman–Crippen LogP) is -2.03. The summed E-state index contributed by atoms with van der Waals surface area (Å²) in [5, 5.41) is -0.754. The predicted molar refractivity (Wildman–Crippen MR) is 57.8 cm³/mol. The number of rotatable bonds is 4.